The highest BCUT2D eigenvalue weighted by molar-refractivity contribution is 7.89. The lowest BCUT2D eigenvalue weighted by Crippen LogP contribution is -2.52. The molecule has 1 saturated carbocycles. The van der Waals surface area contributed by atoms with E-state index in [1.54, 1.807) is 6.07 Å². The molecule has 2 aliphatic rings. The maximum absolute atomic E-state index is 12.4. The van der Waals surface area contributed by atoms with Gasteiger partial charge in [-0.25, -0.2) is 12.7 Å². The summed E-state index contributed by atoms with van der Waals surface area (Å²) in [5.41, 5.74) is 5.70. The number of rotatable bonds is 7. The molecule has 0 bridgehead atoms. The number of nitrogens with two attached hydrogens (primary N) is 1. The van der Waals surface area contributed by atoms with Crippen molar-refractivity contribution < 1.29 is 17.7 Å². The van der Waals surface area contributed by atoms with Crippen LogP contribution < -0.4 is 11.1 Å². The number of hydrogen-bond donors (Lipinski definition) is 2. The van der Waals surface area contributed by atoms with Crippen LogP contribution in [0.2, 0.25) is 0 Å². The van der Waals surface area contributed by atoms with E-state index in [1.807, 2.05) is 6.92 Å². The lowest BCUT2D eigenvalue weighted by Gasteiger charge is -2.36. The van der Waals surface area contributed by atoms with Crippen LogP contribution in [0.5, 0.6) is 0 Å². The van der Waals surface area contributed by atoms with Gasteiger partial charge in [0.05, 0.1) is 5.75 Å². The topological polar surface area (TPSA) is 119 Å². The van der Waals surface area contributed by atoms with Crippen LogP contribution in [-0.2, 0) is 10.0 Å². The van der Waals surface area contributed by atoms with Gasteiger partial charge in [-0.05, 0) is 38.1 Å². The zero-order valence-corrected chi connectivity index (χ0v) is 15.3. The molecule has 0 aromatic carbocycles. The van der Waals surface area contributed by atoms with E-state index < -0.39 is 10.0 Å². The molecule has 1 saturated heterocycles. The molecule has 1 aliphatic carbocycles. The van der Waals surface area contributed by atoms with Gasteiger partial charge in [-0.3, -0.25) is 4.79 Å². The van der Waals surface area contributed by atoms with E-state index >= 15 is 0 Å². The summed E-state index contributed by atoms with van der Waals surface area (Å²) in [6.45, 7) is 3.13. The highest BCUT2D eigenvalue weighted by Gasteiger charge is 2.34. The third kappa shape index (κ3) is 4.39. The maximum Gasteiger partial charge on any atom is 0.273 e. The summed E-state index contributed by atoms with van der Waals surface area (Å²) in [5.74, 6) is 1.04. The van der Waals surface area contributed by atoms with Crippen molar-refractivity contribution in [2.45, 2.75) is 44.6 Å². The molecule has 0 spiro atoms. The Hall–Kier alpha value is -1.45. The van der Waals surface area contributed by atoms with Crippen LogP contribution in [0.1, 0.15) is 54.8 Å². The molecule has 2 atom stereocenters. The van der Waals surface area contributed by atoms with Crippen LogP contribution in [0.3, 0.4) is 0 Å². The first kappa shape index (κ1) is 18.3. The SMILES string of the molecule is C[C@@H]1CN(S(=O)(=O)CCCN)CC[C@@H]1NC(=O)c1cc(C2CC2)on1. The fourth-order valence-electron chi connectivity index (χ4n) is 3.17. The monoisotopic (exact) mass is 370 g/mol. The highest BCUT2D eigenvalue weighted by atomic mass is 32.2. The van der Waals surface area contributed by atoms with Gasteiger partial charge in [0.1, 0.15) is 5.76 Å². The van der Waals surface area contributed by atoms with Crippen molar-refractivity contribution in [2.24, 2.45) is 11.7 Å². The molecule has 9 heteroatoms. The van der Waals surface area contributed by atoms with Crippen molar-refractivity contribution >= 4 is 15.9 Å². The number of piperidine rings is 1. The summed E-state index contributed by atoms with van der Waals surface area (Å²) in [5, 5.41) is 6.82. The number of amides is 1. The standard InChI is InChI=1S/C16H26N4O4S/c1-11-10-20(25(22,23)8-2-6-17)7-5-13(11)18-16(21)14-9-15(24-19-14)12-3-4-12/h9,11-13H,2-8,10,17H2,1H3,(H,18,21)/t11-,13+/m1/s1. The fourth-order valence-corrected chi connectivity index (χ4v) is 4.80. The van der Waals surface area contributed by atoms with Crippen LogP contribution in [-0.4, -0.2) is 55.2 Å². The number of carbonyl (C=O) groups excluding carboxylic acids is 1. The van der Waals surface area contributed by atoms with Crippen LogP contribution in [0.4, 0.5) is 0 Å². The van der Waals surface area contributed by atoms with E-state index in [2.05, 4.69) is 10.5 Å². The molecule has 3 rings (SSSR count). The summed E-state index contributed by atoms with van der Waals surface area (Å²) in [7, 11) is -3.27. The van der Waals surface area contributed by atoms with Crippen molar-refractivity contribution in [3.05, 3.63) is 17.5 Å². The number of sulfonamides is 1. The first-order chi connectivity index (χ1) is 11.9. The maximum atomic E-state index is 12.4. The normalized spacial score (nSPS) is 25.0. The summed E-state index contributed by atoms with van der Waals surface area (Å²) < 4.78 is 31.3. The predicted molar refractivity (Wildman–Crippen MR) is 92.5 cm³/mol. The van der Waals surface area contributed by atoms with E-state index in [9.17, 15) is 13.2 Å². The molecule has 3 N–H and O–H groups in total. The molecule has 1 aromatic rings. The molecule has 0 radical (unpaired) electrons. The molecule has 140 valence electrons. The summed E-state index contributed by atoms with van der Waals surface area (Å²) in [6.07, 6.45) is 3.22. The summed E-state index contributed by atoms with van der Waals surface area (Å²) in [6, 6.07) is 1.64. The number of carbonyl (C=O) groups is 1. The van der Waals surface area contributed by atoms with E-state index in [1.165, 1.54) is 4.31 Å². The number of hydrogen-bond acceptors (Lipinski definition) is 6. The summed E-state index contributed by atoms with van der Waals surface area (Å²) in [4.78, 5) is 12.4. The second-order valence-electron chi connectivity index (χ2n) is 7.05. The van der Waals surface area contributed by atoms with Crippen LogP contribution >= 0.6 is 0 Å². The highest BCUT2D eigenvalue weighted by Crippen LogP contribution is 2.40. The minimum absolute atomic E-state index is 0.0279. The van der Waals surface area contributed by atoms with Gasteiger partial charge in [0, 0.05) is 31.1 Å². The van der Waals surface area contributed by atoms with Crippen molar-refractivity contribution in [1.82, 2.24) is 14.8 Å². The molecule has 2 fully saturated rings. The van der Waals surface area contributed by atoms with E-state index in [0.29, 0.717) is 44.1 Å². The van der Waals surface area contributed by atoms with Crippen molar-refractivity contribution in [3.8, 4) is 0 Å². The molecule has 25 heavy (non-hydrogen) atoms. The van der Waals surface area contributed by atoms with Crippen molar-refractivity contribution in [2.75, 3.05) is 25.4 Å². The third-order valence-corrected chi connectivity index (χ3v) is 6.85. The van der Waals surface area contributed by atoms with E-state index in [4.69, 9.17) is 10.3 Å². The molecule has 1 aromatic heterocycles. The largest absolute Gasteiger partial charge is 0.360 e. The zero-order chi connectivity index (χ0) is 18.0. The minimum Gasteiger partial charge on any atom is -0.360 e. The predicted octanol–water partition coefficient (Wildman–Crippen LogP) is 0.671. The average molecular weight is 370 g/mol. The molecule has 8 nitrogen and oxygen atoms in total. The fraction of sp³-hybridized carbons (Fsp3) is 0.750. The first-order valence-electron chi connectivity index (χ1n) is 8.86. The van der Waals surface area contributed by atoms with Gasteiger partial charge in [0.25, 0.3) is 5.91 Å². The Kier molecular flexibility index (Phi) is 5.45. The molecular weight excluding hydrogens is 344 g/mol. The lowest BCUT2D eigenvalue weighted by molar-refractivity contribution is 0.0892. The van der Waals surface area contributed by atoms with Crippen molar-refractivity contribution in [1.29, 1.82) is 0 Å². The van der Waals surface area contributed by atoms with Crippen molar-refractivity contribution in [3.63, 3.8) is 0 Å². The van der Waals surface area contributed by atoms with Gasteiger partial charge in [-0.15, -0.1) is 0 Å². The quantitative estimate of drug-likeness (QED) is 0.728. The molecular formula is C16H26N4O4S. The van der Waals surface area contributed by atoms with Gasteiger partial charge < -0.3 is 15.6 Å². The third-order valence-electron chi connectivity index (χ3n) is 4.93. The second-order valence-corrected chi connectivity index (χ2v) is 9.14. The van der Waals surface area contributed by atoms with Gasteiger partial charge in [0.15, 0.2) is 5.69 Å². The smallest absolute Gasteiger partial charge is 0.273 e. The Morgan fingerprint density at radius 1 is 1.44 bits per heavy atom. The zero-order valence-electron chi connectivity index (χ0n) is 14.5. The van der Waals surface area contributed by atoms with Crippen LogP contribution in [0, 0.1) is 5.92 Å². The Bertz CT molecular complexity index is 713. The second kappa shape index (κ2) is 7.43. The van der Waals surface area contributed by atoms with Gasteiger partial charge in [0.2, 0.25) is 10.0 Å². The Labute approximate surface area is 148 Å². The molecule has 1 aliphatic heterocycles. The van der Waals surface area contributed by atoms with Gasteiger partial charge >= 0.3 is 0 Å². The van der Waals surface area contributed by atoms with E-state index in [0.717, 1.165) is 18.6 Å². The Morgan fingerprint density at radius 3 is 2.84 bits per heavy atom. The molecule has 2 heterocycles. The minimum atomic E-state index is -3.27. The van der Waals surface area contributed by atoms with Gasteiger partial charge in [-0.1, -0.05) is 12.1 Å². The number of nitrogens with one attached hydrogen (secondary N) is 1. The van der Waals surface area contributed by atoms with E-state index in [-0.39, 0.29) is 23.6 Å². The molecule has 0 unspecified atom stereocenters. The number of aromatic nitrogens is 1. The average Bonchev–Trinajstić information content (AvgIpc) is 3.31. The number of nitrogens with zero attached hydrogens (tertiary/aromatic N) is 2. The Morgan fingerprint density at radius 2 is 2.20 bits per heavy atom. The van der Waals surface area contributed by atoms with Gasteiger partial charge in [-0.2, -0.15) is 0 Å². The van der Waals surface area contributed by atoms with Crippen LogP contribution in [0.25, 0.3) is 0 Å². The lowest BCUT2D eigenvalue weighted by atomic mass is 9.95. The first-order valence-corrected chi connectivity index (χ1v) is 10.5. The summed E-state index contributed by atoms with van der Waals surface area (Å²) >= 11 is 0. The Balaban J connectivity index is 1.55. The van der Waals surface area contributed by atoms with Crippen LogP contribution in [0.15, 0.2) is 10.6 Å². The molecule has 1 amide bonds.